The van der Waals surface area contributed by atoms with E-state index >= 15 is 0 Å². The number of hydrogen-bond acceptors (Lipinski definition) is 2. The molecule has 3 nitrogen and oxygen atoms in total. The van der Waals surface area contributed by atoms with E-state index in [0.717, 1.165) is 55.5 Å². The van der Waals surface area contributed by atoms with E-state index in [9.17, 15) is 4.79 Å². The smallest absolute Gasteiger partial charge is 0.289 e. The minimum atomic E-state index is 0.0413. The molecule has 1 aliphatic heterocycles. The second-order valence-corrected chi connectivity index (χ2v) is 11.7. The van der Waals surface area contributed by atoms with E-state index in [-0.39, 0.29) is 11.3 Å². The van der Waals surface area contributed by atoms with Crippen LogP contribution in [0.25, 0.3) is 0 Å². The first-order valence-corrected chi connectivity index (χ1v) is 13.9. The van der Waals surface area contributed by atoms with Crippen molar-refractivity contribution >= 4 is 5.91 Å². The van der Waals surface area contributed by atoms with Crippen LogP contribution in [0.15, 0.2) is 77.4 Å². The molecule has 3 heteroatoms. The Balaban J connectivity index is 1.13. The van der Waals surface area contributed by atoms with Crippen LogP contribution in [-0.4, -0.2) is 23.9 Å². The van der Waals surface area contributed by atoms with E-state index in [1.807, 2.05) is 4.90 Å². The van der Waals surface area contributed by atoms with Crippen LogP contribution in [0.2, 0.25) is 0 Å². The summed E-state index contributed by atoms with van der Waals surface area (Å²) in [4.78, 5) is 14.9. The normalized spacial score (nSPS) is 31.5. The lowest BCUT2D eigenvalue weighted by Gasteiger charge is -2.44. The first-order valence-electron chi connectivity index (χ1n) is 13.9. The highest BCUT2D eigenvalue weighted by molar-refractivity contribution is 5.91. The van der Waals surface area contributed by atoms with Crippen molar-refractivity contribution in [2.45, 2.75) is 63.2 Å². The maximum absolute atomic E-state index is 12.9. The molecular formula is C32H39NO2. The van der Waals surface area contributed by atoms with E-state index in [2.05, 4.69) is 54.6 Å². The summed E-state index contributed by atoms with van der Waals surface area (Å²) >= 11 is 0. The molecule has 2 aromatic rings. The molecule has 2 bridgehead atoms. The number of carbonyl (C=O) groups excluding carboxylic acids is 1. The Labute approximate surface area is 210 Å². The highest BCUT2D eigenvalue weighted by Gasteiger charge is 2.45. The van der Waals surface area contributed by atoms with Crippen LogP contribution in [0.1, 0.15) is 73.9 Å². The fourth-order valence-corrected chi connectivity index (χ4v) is 8.08. The fourth-order valence-electron chi connectivity index (χ4n) is 8.08. The molecule has 184 valence electrons. The molecule has 1 aromatic carbocycles. The van der Waals surface area contributed by atoms with Gasteiger partial charge in [0.05, 0.1) is 6.26 Å². The van der Waals surface area contributed by atoms with Gasteiger partial charge < -0.3 is 9.32 Å². The number of rotatable bonds is 6. The Kier molecular flexibility index (Phi) is 6.43. The number of nitrogens with zero attached hydrogens (tertiary/aromatic N) is 1. The highest BCUT2D eigenvalue weighted by atomic mass is 16.3. The molecule has 1 aromatic heterocycles. The molecule has 0 radical (unpaired) electrons. The Hall–Kier alpha value is -2.55. The molecule has 1 saturated heterocycles. The highest BCUT2D eigenvalue weighted by Crippen LogP contribution is 2.54. The summed E-state index contributed by atoms with van der Waals surface area (Å²) in [5.41, 5.74) is 1.67. The van der Waals surface area contributed by atoms with Gasteiger partial charge in [0.15, 0.2) is 5.76 Å². The van der Waals surface area contributed by atoms with E-state index in [1.165, 1.54) is 50.5 Å². The van der Waals surface area contributed by atoms with Crippen molar-refractivity contribution in [2.24, 2.45) is 29.6 Å². The van der Waals surface area contributed by atoms with Gasteiger partial charge in [0, 0.05) is 13.1 Å². The van der Waals surface area contributed by atoms with Crippen LogP contribution in [0.5, 0.6) is 0 Å². The predicted molar refractivity (Wildman–Crippen MR) is 140 cm³/mol. The molecule has 1 amide bonds. The average molecular weight is 470 g/mol. The Morgan fingerprint density at radius 3 is 2.37 bits per heavy atom. The lowest BCUT2D eigenvalue weighted by atomic mass is 9.63. The van der Waals surface area contributed by atoms with Crippen molar-refractivity contribution in [3.63, 3.8) is 0 Å². The first kappa shape index (κ1) is 22.9. The zero-order valence-electron chi connectivity index (χ0n) is 20.9. The Bertz CT molecular complexity index is 1030. The summed E-state index contributed by atoms with van der Waals surface area (Å²) in [5.74, 6) is 4.92. The monoisotopic (exact) mass is 469 g/mol. The lowest BCUT2D eigenvalue weighted by Crippen LogP contribution is -2.45. The summed E-state index contributed by atoms with van der Waals surface area (Å²) in [6.07, 6.45) is 22.6. The van der Waals surface area contributed by atoms with Crippen LogP contribution < -0.4 is 0 Å². The van der Waals surface area contributed by atoms with Gasteiger partial charge in [-0.15, -0.1) is 0 Å². The number of furan rings is 1. The zero-order valence-corrected chi connectivity index (χ0v) is 20.9. The molecule has 6 rings (SSSR count). The zero-order chi connectivity index (χ0) is 23.7. The fraction of sp³-hybridized carbons (Fsp3) is 0.531. The van der Waals surface area contributed by atoms with Crippen LogP contribution in [0.4, 0.5) is 0 Å². The molecule has 3 unspecified atom stereocenters. The molecule has 5 atom stereocenters. The maximum atomic E-state index is 12.9. The van der Waals surface area contributed by atoms with Gasteiger partial charge in [-0.2, -0.15) is 0 Å². The number of fused-ring (bicyclic) bond motifs is 2. The van der Waals surface area contributed by atoms with Gasteiger partial charge in [-0.05, 0) is 110 Å². The first-order chi connectivity index (χ1) is 17.2. The van der Waals surface area contributed by atoms with Gasteiger partial charge in [0.25, 0.3) is 5.91 Å². The van der Waals surface area contributed by atoms with Crippen molar-refractivity contribution in [1.29, 1.82) is 0 Å². The molecule has 0 N–H and O–H groups in total. The third-order valence-corrected chi connectivity index (χ3v) is 10.0. The largest absolute Gasteiger partial charge is 0.459 e. The molecule has 2 saturated carbocycles. The molecule has 2 heterocycles. The van der Waals surface area contributed by atoms with Gasteiger partial charge in [-0.25, -0.2) is 0 Å². The van der Waals surface area contributed by atoms with Crippen molar-refractivity contribution in [2.75, 3.05) is 13.1 Å². The third kappa shape index (κ3) is 4.55. The third-order valence-electron chi connectivity index (χ3n) is 10.0. The number of amides is 1. The van der Waals surface area contributed by atoms with Gasteiger partial charge in [0.1, 0.15) is 0 Å². The van der Waals surface area contributed by atoms with Gasteiger partial charge in [-0.1, -0.05) is 54.6 Å². The number of hydrogen-bond donors (Lipinski definition) is 0. The summed E-state index contributed by atoms with van der Waals surface area (Å²) in [6.45, 7) is 1.63. The SMILES string of the molecule is O=C(c1ccco1)N1CCC(CCC2[C@@H]3CC[C@H]2CC(C2C=CC=CC2)C3)(c2ccccc2)CC1. The van der Waals surface area contributed by atoms with Crippen molar-refractivity contribution in [1.82, 2.24) is 4.90 Å². The van der Waals surface area contributed by atoms with Gasteiger partial charge >= 0.3 is 0 Å². The summed E-state index contributed by atoms with van der Waals surface area (Å²) in [7, 11) is 0. The van der Waals surface area contributed by atoms with E-state index in [1.54, 1.807) is 18.4 Å². The van der Waals surface area contributed by atoms with E-state index < -0.39 is 0 Å². The van der Waals surface area contributed by atoms with E-state index in [0.29, 0.717) is 5.76 Å². The van der Waals surface area contributed by atoms with Crippen molar-refractivity contribution < 1.29 is 9.21 Å². The number of allylic oxidation sites excluding steroid dienone is 4. The minimum Gasteiger partial charge on any atom is -0.459 e. The second kappa shape index (κ2) is 9.84. The summed E-state index contributed by atoms with van der Waals surface area (Å²) in [5, 5.41) is 0. The number of piperidine rings is 1. The lowest BCUT2D eigenvalue weighted by molar-refractivity contribution is 0.0606. The molecule has 35 heavy (non-hydrogen) atoms. The molecule has 3 fully saturated rings. The Morgan fingerprint density at radius 1 is 0.943 bits per heavy atom. The quantitative estimate of drug-likeness (QED) is 0.441. The van der Waals surface area contributed by atoms with Gasteiger partial charge in [-0.3, -0.25) is 4.79 Å². The van der Waals surface area contributed by atoms with Crippen molar-refractivity contribution in [3.05, 3.63) is 84.4 Å². The summed E-state index contributed by atoms with van der Waals surface area (Å²) < 4.78 is 5.40. The van der Waals surface area contributed by atoms with Crippen LogP contribution in [-0.2, 0) is 5.41 Å². The molecule has 3 aliphatic carbocycles. The number of benzene rings is 1. The number of carbonyl (C=O) groups is 1. The molecule has 4 aliphatic rings. The maximum Gasteiger partial charge on any atom is 0.289 e. The molecule has 0 spiro atoms. The topological polar surface area (TPSA) is 33.5 Å². The molecular weight excluding hydrogens is 430 g/mol. The standard InChI is InChI=1S/C32H39NO2/c34-31(30-12-7-21-35-30)33-19-17-32(18-20-33,28-10-5-2-6-11-28)16-15-29-25-13-14-26(29)23-27(22-25)24-8-3-1-4-9-24/h1-8,10-12,21,24-27,29H,9,13-20,22-23H2/t24?,25-,26+,27?,29?. The van der Waals surface area contributed by atoms with Crippen LogP contribution in [0.3, 0.4) is 0 Å². The van der Waals surface area contributed by atoms with Crippen molar-refractivity contribution in [3.8, 4) is 0 Å². The predicted octanol–water partition coefficient (Wildman–Crippen LogP) is 7.42. The Morgan fingerprint density at radius 2 is 1.71 bits per heavy atom. The average Bonchev–Trinajstić information content (AvgIpc) is 3.54. The van der Waals surface area contributed by atoms with Crippen LogP contribution in [0, 0.1) is 29.6 Å². The number of likely N-dealkylation sites (tertiary alicyclic amines) is 1. The van der Waals surface area contributed by atoms with Crippen LogP contribution >= 0.6 is 0 Å². The van der Waals surface area contributed by atoms with Gasteiger partial charge in [0.2, 0.25) is 0 Å². The summed E-state index contributed by atoms with van der Waals surface area (Å²) in [6, 6.07) is 14.8. The minimum absolute atomic E-state index is 0.0413. The second-order valence-electron chi connectivity index (χ2n) is 11.7. The van der Waals surface area contributed by atoms with E-state index in [4.69, 9.17) is 4.42 Å².